The molecule has 0 atom stereocenters. The normalized spacial score (nSPS) is 11.8. The minimum Gasteiger partial charge on any atom is -0.486 e. The molecule has 32 heavy (non-hydrogen) atoms. The van der Waals surface area contributed by atoms with E-state index in [-0.39, 0.29) is 29.4 Å². The highest BCUT2D eigenvalue weighted by Crippen LogP contribution is 2.33. The number of anilines is 1. The van der Waals surface area contributed by atoms with E-state index in [1.807, 2.05) is 13.8 Å². The highest BCUT2D eigenvalue weighted by atomic mass is 32.2. The first-order valence-electron chi connectivity index (χ1n) is 9.67. The molecule has 1 heterocycles. The molecule has 174 valence electrons. The van der Waals surface area contributed by atoms with Crippen molar-refractivity contribution in [3.63, 3.8) is 0 Å². The number of nitrogens with two attached hydrogens (primary N) is 1. The van der Waals surface area contributed by atoms with Gasteiger partial charge in [-0.15, -0.1) is 0 Å². The number of ether oxygens (including phenoxy) is 1. The van der Waals surface area contributed by atoms with Gasteiger partial charge < -0.3 is 15.8 Å². The average Bonchev–Trinajstić information content (AvgIpc) is 3.18. The van der Waals surface area contributed by atoms with E-state index < -0.39 is 15.9 Å². The summed E-state index contributed by atoms with van der Waals surface area (Å²) in [5.41, 5.74) is 7.12. The summed E-state index contributed by atoms with van der Waals surface area (Å²) in [5.74, 6) is -0.411. The Morgan fingerprint density at radius 2 is 1.97 bits per heavy atom. The number of hydrogen-bond donors (Lipinski definition) is 3. The van der Waals surface area contributed by atoms with Crippen LogP contribution in [-0.2, 0) is 10.1 Å². The number of thiazole rings is 1. The Kier molecular flexibility index (Phi) is 9.51. The number of benzene rings is 2. The van der Waals surface area contributed by atoms with Gasteiger partial charge in [-0.3, -0.25) is 4.55 Å². The fraction of sp³-hybridized carbons (Fsp3) is 0.286. The van der Waals surface area contributed by atoms with Crippen LogP contribution in [0.3, 0.4) is 0 Å². The van der Waals surface area contributed by atoms with Gasteiger partial charge in [0.2, 0.25) is 0 Å². The second kappa shape index (κ2) is 11.9. The number of nitrogens with zero attached hydrogens (tertiary/aromatic N) is 1. The zero-order chi connectivity index (χ0) is 23.7. The first kappa shape index (κ1) is 25.7. The molecule has 3 aromatic rings. The maximum atomic E-state index is 14.3. The van der Waals surface area contributed by atoms with Gasteiger partial charge in [0.1, 0.15) is 6.61 Å². The smallest absolute Gasteiger partial charge is 0.294 e. The lowest BCUT2D eigenvalue weighted by atomic mass is 10.2. The van der Waals surface area contributed by atoms with Gasteiger partial charge in [-0.25, -0.2) is 13.8 Å². The van der Waals surface area contributed by atoms with Crippen molar-refractivity contribution in [3.8, 4) is 5.75 Å². The van der Waals surface area contributed by atoms with E-state index in [0.717, 1.165) is 18.5 Å². The molecule has 0 saturated heterocycles. The molecule has 0 bridgehead atoms. The van der Waals surface area contributed by atoms with Crippen molar-refractivity contribution in [3.05, 3.63) is 59.7 Å². The van der Waals surface area contributed by atoms with Gasteiger partial charge in [-0.05, 0) is 37.6 Å². The van der Waals surface area contributed by atoms with E-state index in [0.29, 0.717) is 21.7 Å². The summed E-state index contributed by atoms with van der Waals surface area (Å²) in [6.45, 7) is 4.63. The first-order chi connectivity index (χ1) is 15.2. The van der Waals surface area contributed by atoms with E-state index in [4.69, 9.17) is 15.0 Å². The van der Waals surface area contributed by atoms with Crippen molar-refractivity contribution < 1.29 is 26.5 Å². The number of rotatable bonds is 8. The Morgan fingerprint density at radius 1 is 1.28 bits per heavy atom. The molecule has 1 aromatic heterocycles. The second-order valence-corrected chi connectivity index (χ2v) is 9.14. The fourth-order valence-corrected chi connectivity index (χ4v) is 3.78. The van der Waals surface area contributed by atoms with Crippen LogP contribution in [0.4, 0.5) is 13.9 Å². The predicted octanol–water partition coefficient (Wildman–Crippen LogP) is 4.69. The lowest BCUT2D eigenvalue weighted by molar-refractivity contribution is 0.330. The monoisotopic (exact) mass is 485 g/mol. The molecule has 0 aliphatic rings. The summed E-state index contributed by atoms with van der Waals surface area (Å²) >= 11 is 1.23. The average molecular weight is 486 g/mol. The zero-order valence-corrected chi connectivity index (χ0v) is 19.3. The fourth-order valence-electron chi connectivity index (χ4n) is 2.38. The Morgan fingerprint density at radius 3 is 2.53 bits per heavy atom. The molecule has 11 heteroatoms. The van der Waals surface area contributed by atoms with Crippen LogP contribution < -0.4 is 15.8 Å². The predicted molar refractivity (Wildman–Crippen MR) is 123 cm³/mol. The van der Waals surface area contributed by atoms with E-state index in [9.17, 15) is 17.2 Å². The third-order valence-electron chi connectivity index (χ3n) is 4.14. The molecule has 2 aromatic carbocycles. The third kappa shape index (κ3) is 7.23. The molecule has 4 N–H and O–H groups in total. The highest BCUT2D eigenvalue weighted by molar-refractivity contribution is 7.85. The maximum absolute atomic E-state index is 14.3. The molecule has 0 unspecified atom stereocenters. The summed E-state index contributed by atoms with van der Waals surface area (Å²) < 4.78 is 62.0. The largest absolute Gasteiger partial charge is 0.486 e. The van der Waals surface area contributed by atoms with Gasteiger partial charge in [-0.1, -0.05) is 36.0 Å². The van der Waals surface area contributed by atoms with Crippen LogP contribution in [0.15, 0.2) is 53.2 Å². The SMILES string of the molecule is CCCNc1nc2ccc(OCC(=CF)CN)c(F)c2s1.Cc1ccc(S(=O)(=O)O)cc1. The Bertz CT molecular complexity index is 1160. The van der Waals surface area contributed by atoms with Crippen LogP contribution in [0.5, 0.6) is 5.75 Å². The molecular weight excluding hydrogens is 460 g/mol. The van der Waals surface area contributed by atoms with E-state index in [1.54, 1.807) is 18.2 Å². The van der Waals surface area contributed by atoms with Gasteiger partial charge in [0.05, 0.1) is 21.4 Å². The second-order valence-electron chi connectivity index (χ2n) is 6.72. The number of hydrogen-bond acceptors (Lipinski definition) is 7. The maximum Gasteiger partial charge on any atom is 0.294 e. The van der Waals surface area contributed by atoms with Crippen LogP contribution in [0.25, 0.3) is 10.2 Å². The minimum absolute atomic E-state index is 0.0337. The molecule has 0 fully saturated rings. The van der Waals surface area contributed by atoms with Gasteiger partial charge in [0.15, 0.2) is 16.7 Å². The summed E-state index contributed by atoms with van der Waals surface area (Å²) in [7, 11) is -4.02. The first-order valence-corrected chi connectivity index (χ1v) is 11.9. The molecule has 0 spiro atoms. The van der Waals surface area contributed by atoms with Gasteiger partial charge in [0.25, 0.3) is 10.1 Å². The van der Waals surface area contributed by atoms with Crippen LogP contribution in [0, 0.1) is 12.7 Å². The molecule has 0 saturated carbocycles. The molecule has 0 radical (unpaired) electrons. The summed E-state index contributed by atoms with van der Waals surface area (Å²) in [6, 6.07) is 9.16. The lowest BCUT2D eigenvalue weighted by Crippen LogP contribution is -2.11. The van der Waals surface area contributed by atoms with Crippen molar-refractivity contribution in [2.45, 2.75) is 25.2 Å². The van der Waals surface area contributed by atoms with Crippen LogP contribution in [0.1, 0.15) is 18.9 Å². The molecular formula is C21H25F2N3O4S2. The molecule has 7 nitrogen and oxygen atoms in total. The zero-order valence-electron chi connectivity index (χ0n) is 17.6. The van der Waals surface area contributed by atoms with Crippen molar-refractivity contribution in [1.82, 2.24) is 4.98 Å². The third-order valence-corrected chi connectivity index (χ3v) is 6.03. The molecule has 0 amide bonds. The molecule has 0 aliphatic carbocycles. The number of halogens is 2. The molecule has 3 rings (SSSR count). The Hall–Kier alpha value is -2.60. The van der Waals surface area contributed by atoms with Crippen LogP contribution >= 0.6 is 11.3 Å². The quantitative estimate of drug-likeness (QED) is 0.397. The van der Waals surface area contributed by atoms with Crippen molar-refractivity contribution >= 4 is 36.8 Å². The van der Waals surface area contributed by atoms with Crippen molar-refractivity contribution in [1.29, 1.82) is 0 Å². The number of fused-ring (bicyclic) bond motifs is 1. The summed E-state index contributed by atoms with van der Waals surface area (Å²) in [4.78, 5) is 4.23. The topological polar surface area (TPSA) is 115 Å². The summed E-state index contributed by atoms with van der Waals surface area (Å²) in [6.07, 6.45) is 1.35. The van der Waals surface area contributed by atoms with Gasteiger partial charge in [-0.2, -0.15) is 8.42 Å². The van der Waals surface area contributed by atoms with Crippen molar-refractivity contribution in [2.75, 3.05) is 25.0 Å². The van der Waals surface area contributed by atoms with Gasteiger partial charge >= 0.3 is 0 Å². The standard InChI is InChI=1S/C14H17F2N3OS.C7H8O3S/c1-2-5-18-14-19-10-3-4-11(12(16)13(10)21-14)20-8-9(6-15)7-17;1-6-2-4-7(5-3-6)11(8,9)10/h3-4,6H,2,5,7-8,17H2,1H3,(H,18,19);2-5H,1H3,(H,8,9,10). The Labute approximate surface area is 189 Å². The number of nitrogens with one attached hydrogen (secondary N) is 1. The highest BCUT2D eigenvalue weighted by Gasteiger charge is 2.14. The van der Waals surface area contributed by atoms with E-state index in [2.05, 4.69) is 10.3 Å². The molecule has 0 aliphatic heterocycles. The Balaban J connectivity index is 0.000000278. The number of aromatic nitrogens is 1. The number of aryl methyl sites for hydroxylation is 1. The lowest BCUT2D eigenvalue weighted by Gasteiger charge is -2.08. The van der Waals surface area contributed by atoms with E-state index in [1.165, 1.54) is 29.5 Å². The van der Waals surface area contributed by atoms with Gasteiger partial charge in [0, 0.05) is 18.7 Å². The minimum atomic E-state index is -4.02. The van der Waals surface area contributed by atoms with Crippen LogP contribution in [0.2, 0.25) is 0 Å². The van der Waals surface area contributed by atoms with Crippen LogP contribution in [-0.4, -0.2) is 37.7 Å². The van der Waals surface area contributed by atoms with E-state index >= 15 is 0 Å². The summed E-state index contributed by atoms with van der Waals surface area (Å²) in [5, 5.41) is 3.80. The van der Waals surface area contributed by atoms with Crippen molar-refractivity contribution in [2.24, 2.45) is 5.73 Å².